The first-order chi connectivity index (χ1) is 6.00. The summed E-state index contributed by atoms with van der Waals surface area (Å²) in [5.41, 5.74) is 0. The van der Waals surface area contributed by atoms with E-state index in [0.717, 1.165) is 19.5 Å². The monoisotopic (exact) mass is 183 g/mol. The molecule has 0 spiro atoms. The fraction of sp³-hybridized carbons (Fsp3) is 0.909. The number of rotatable bonds is 3. The van der Waals surface area contributed by atoms with E-state index in [4.69, 9.17) is 0 Å². The van der Waals surface area contributed by atoms with Gasteiger partial charge in [-0.2, -0.15) is 0 Å². The first kappa shape index (κ1) is 10.7. The van der Waals surface area contributed by atoms with E-state index in [0.29, 0.717) is 17.6 Å². The van der Waals surface area contributed by atoms with E-state index < -0.39 is 0 Å². The highest BCUT2D eigenvalue weighted by Crippen LogP contribution is 2.24. The van der Waals surface area contributed by atoms with Crippen LogP contribution in [0.15, 0.2) is 0 Å². The van der Waals surface area contributed by atoms with E-state index in [-0.39, 0.29) is 6.04 Å². The maximum Gasteiger partial charge on any atom is 0.146 e. The third kappa shape index (κ3) is 2.80. The Morgan fingerprint density at radius 1 is 1.54 bits per heavy atom. The molecule has 0 aromatic rings. The normalized spacial score (nSPS) is 29.9. The predicted octanol–water partition coefficient (Wildman–Crippen LogP) is 1.94. The minimum absolute atomic E-state index is 0.206. The molecule has 0 aliphatic carbocycles. The predicted molar refractivity (Wildman–Crippen MR) is 54.7 cm³/mol. The van der Waals surface area contributed by atoms with Gasteiger partial charge in [0.1, 0.15) is 5.78 Å². The summed E-state index contributed by atoms with van der Waals surface area (Å²) in [6, 6.07) is 0.206. The van der Waals surface area contributed by atoms with Crippen LogP contribution in [0.5, 0.6) is 0 Å². The Labute approximate surface area is 81.3 Å². The average Bonchev–Trinajstić information content (AvgIpc) is 2.29. The Balaban J connectivity index is 2.55. The third-order valence-corrected chi connectivity index (χ3v) is 2.68. The van der Waals surface area contributed by atoms with Crippen molar-refractivity contribution in [2.75, 3.05) is 13.1 Å². The molecule has 1 heterocycles. The average molecular weight is 183 g/mol. The van der Waals surface area contributed by atoms with Gasteiger partial charge in [-0.3, -0.25) is 9.69 Å². The molecule has 2 atom stereocenters. The fourth-order valence-electron chi connectivity index (χ4n) is 2.23. The number of hydrogen-bond acceptors (Lipinski definition) is 2. The van der Waals surface area contributed by atoms with Crippen LogP contribution >= 0.6 is 0 Å². The number of ketones is 1. The zero-order valence-electron chi connectivity index (χ0n) is 9.21. The molecule has 1 fully saturated rings. The van der Waals surface area contributed by atoms with E-state index in [1.54, 1.807) is 6.92 Å². The Kier molecular flexibility index (Phi) is 3.48. The van der Waals surface area contributed by atoms with Gasteiger partial charge in [0.15, 0.2) is 0 Å². The van der Waals surface area contributed by atoms with Crippen molar-refractivity contribution in [2.24, 2.45) is 11.8 Å². The lowest BCUT2D eigenvalue weighted by Crippen LogP contribution is -2.37. The second-order valence-corrected chi connectivity index (χ2v) is 4.82. The molecular weight excluding hydrogens is 162 g/mol. The SMILES string of the molecule is CC(=O)[C@@H]1C[C@@H](C)CN1CC(C)C. The summed E-state index contributed by atoms with van der Waals surface area (Å²) in [6.07, 6.45) is 1.06. The summed E-state index contributed by atoms with van der Waals surface area (Å²) in [5, 5.41) is 0. The van der Waals surface area contributed by atoms with Crippen LogP contribution in [0.2, 0.25) is 0 Å². The lowest BCUT2D eigenvalue weighted by molar-refractivity contribution is -0.121. The van der Waals surface area contributed by atoms with Crippen LogP contribution in [0, 0.1) is 11.8 Å². The van der Waals surface area contributed by atoms with Crippen LogP contribution in [0.25, 0.3) is 0 Å². The van der Waals surface area contributed by atoms with Crippen LogP contribution in [0.4, 0.5) is 0 Å². The van der Waals surface area contributed by atoms with E-state index in [1.807, 2.05) is 0 Å². The Bertz CT molecular complexity index is 189. The van der Waals surface area contributed by atoms with Gasteiger partial charge in [0, 0.05) is 13.1 Å². The van der Waals surface area contributed by atoms with Gasteiger partial charge in [0.25, 0.3) is 0 Å². The third-order valence-electron chi connectivity index (χ3n) is 2.68. The van der Waals surface area contributed by atoms with Gasteiger partial charge in [0.05, 0.1) is 6.04 Å². The molecule has 0 N–H and O–H groups in total. The number of hydrogen-bond donors (Lipinski definition) is 0. The lowest BCUT2D eigenvalue weighted by atomic mass is 10.1. The molecule has 0 amide bonds. The number of carbonyl (C=O) groups excluding carboxylic acids is 1. The maximum atomic E-state index is 11.3. The van der Waals surface area contributed by atoms with Crippen LogP contribution in [0.3, 0.4) is 0 Å². The van der Waals surface area contributed by atoms with Crippen LogP contribution < -0.4 is 0 Å². The van der Waals surface area contributed by atoms with Crippen molar-refractivity contribution >= 4 is 5.78 Å². The van der Waals surface area contributed by atoms with E-state index in [9.17, 15) is 4.79 Å². The van der Waals surface area contributed by atoms with Crippen molar-refractivity contribution in [3.63, 3.8) is 0 Å². The number of nitrogens with zero attached hydrogens (tertiary/aromatic N) is 1. The minimum atomic E-state index is 0.206. The van der Waals surface area contributed by atoms with E-state index in [2.05, 4.69) is 25.7 Å². The summed E-state index contributed by atoms with van der Waals surface area (Å²) >= 11 is 0. The number of likely N-dealkylation sites (tertiary alicyclic amines) is 1. The molecule has 0 radical (unpaired) electrons. The molecule has 1 rings (SSSR count). The largest absolute Gasteiger partial charge is 0.298 e. The van der Waals surface area contributed by atoms with Gasteiger partial charge >= 0.3 is 0 Å². The standard InChI is InChI=1S/C11H21NO/c1-8(2)6-12-7-9(3)5-11(12)10(4)13/h8-9,11H,5-7H2,1-4H3/t9-,11+/m1/s1. The van der Waals surface area contributed by atoms with Gasteiger partial charge in [-0.05, 0) is 25.2 Å². The lowest BCUT2D eigenvalue weighted by Gasteiger charge is -2.23. The zero-order chi connectivity index (χ0) is 10.0. The summed E-state index contributed by atoms with van der Waals surface area (Å²) < 4.78 is 0. The second kappa shape index (κ2) is 4.23. The Morgan fingerprint density at radius 2 is 2.15 bits per heavy atom. The fourth-order valence-corrected chi connectivity index (χ4v) is 2.23. The highest BCUT2D eigenvalue weighted by atomic mass is 16.1. The molecule has 0 unspecified atom stereocenters. The second-order valence-electron chi connectivity index (χ2n) is 4.82. The maximum absolute atomic E-state index is 11.3. The summed E-state index contributed by atoms with van der Waals surface area (Å²) in [7, 11) is 0. The molecular formula is C11H21NO. The molecule has 0 bridgehead atoms. The van der Waals surface area contributed by atoms with Crippen molar-refractivity contribution in [1.82, 2.24) is 4.90 Å². The van der Waals surface area contributed by atoms with Gasteiger partial charge < -0.3 is 0 Å². The summed E-state index contributed by atoms with van der Waals surface area (Å²) in [4.78, 5) is 13.7. The quantitative estimate of drug-likeness (QED) is 0.666. The van der Waals surface area contributed by atoms with Gasteiger partial charge in [0.2, 0.25) is 0 Å². The zero-order valence-corrected chi connectivity index (χ0v) is 9.21. The van der Waals surface area contributed by atoms with Crippen molar-refractivity contribution in [3.05, 3.63) is 0 Å². The van der Waals surface area contributed by atoms with Gasteiger partial charge in [-0.15, -0.1) is 0 Å². The van der Waals surface area contributed by atoms with Crippen molar-refractivity contribution in [1.29, 1.82) is 0 Å². The van der Waals surface area contributed by atoms with Crippen LogP contribution in [0.1, 0.15) is 34.1 Å². The van der Waals surface area contributed by atoms with E-state index in [1.165, 1.54) is 0 Å². The molecule has 13 heavy (non-hydrogen) atoms. The minimum Gasteiger partial charge on any atom is -0.298 e. The highest BCUT2D eigenvalue weighted by Gasteiger charge is 2.32. The molecule has 1 saturated heterocycles. The molecule has 2 heteroatoms. The molecule has 0 saturated carbocycles. The smallest absolute Gasteiger partial charge is 0.146 e. The molecule has 0 aromatic heterocycles. The van der Waals surface area contributed by atoms with Gasteiger partial charge in [-0.25, -0.2) is 0 Å². The molecule has 0 aromatic carbocycles. The molecule has 76 valence electrons. The first-order valence-electron chi connectivity index (χ1n) is 5.25. The number of carbonyl (C=O) groups is 1. The van der Waals surface area contributed by atoms with E-state index >= 15 is 0 Å². The molecule has 2 nitrogen and oxygen atoms in total. The van der Waals surface area contributed by atoms with Crippen molar-refractivity contribution in [2.45, 2.75) is 40.2 Å². The van der Waals surface area contributed by atoms with Gasteiger partial charge in [-0.1, -0.05) is 20.8 Å². The summed E-state index contributed by atoms with van der Waals surface area (Å²) in [5.74, 6) is 1.69. The van der Waals surface area contributed by atoms with Crippen LogP contribution in [-0.2, 0) is 4.79 Å². The first-order valence-corrected chi connectivity index (χ1v) is 5.25. The highest BCUT2D eigenvalue weighted by molar-refractivity contribution is 5.81. The van der Waals surface area contributed by atoms with Crippen LogP contribution in [-0.4, -0.2) is 29.8 Å². The molecule has 1 aliphatic rings. The summed E-state index contributed by atoms with van der Waals surface area (Å²) in [6.45, 7) is 10.5. The van der Waals surface area contributed by atoms with Crippen molar-refractivity contribution in [3.8, 4) is 0 Å². The van der Waals surface area contributed by atoms with Crippen molar-refractivity contribution < 1.29 is 4.79 Å². The topological polar surface area (TPSA) is 20.3 Å². The Hall–Kier alpha value is -0.370. The Morgan fingerprint density at radius 3 is 2.62 bits per heavy atom. The molecule has 1 aliphatic heterocycles. The number of Topliss-reactive ketones (excluding diaryl/α,β-unsaturated/α-hetero) is 1.